The fourth-order valence-electron chi connectivity index (χ4n) is 3.97. The van der Waals surface area contributed by atoms with E-state index in [0.717, 1.165) is 37.7 Å². The van der Waals surface area contributed by atoms with E-state index in [9.17, 15) is 13.2 Å². The molecule has 3 rings (SSSR count). The fourth-order valence-corrected chi connectivity index (χ4v) is 3.97. The van der Waals surface area contributed by atoms with Gasteiger partial charge in [0, 0.05) is 11.5 Å². The van der Waals surface area contributed by atoms with Crippen molar-refractivity contribution in [2.45, 2.75) is 64.4 Å². The molecule has 2 unspecified atom stereocenters. The molecule has 0 spiro atoms. The molecule has 1 aliphatic rings. The third-order valence-corrected chi connectivity index (χ3v) is 5.70. The summed E-state index contributed by atoms with van der Waals surface area (Å²) in [4.78, 5) is 0. The first kappa shape index (κ1) is 21.6. The lowest BCUT2D eigenvalue weighted by molar-refractivity contribution is 0.00120. The van der Waals surface area contributed by atoms with Crippen molar-refractivity contribution >= 4 is 12.2 Å². The average Bonchev–Trinajstić information content (AvgIpc) is 2.73. The molecular weight excluding hydrogens is 373 g/mol. The molecule has 1 saturated heterocycles. The summed E-state index contributed by atoms with van der Waals surface area (Å²) >= 11 is 0. The van der Waals surface area contributed by atoms with Gasteiger partial charge in [-0.05, 0) is 42.4 Å². The van der Waals surface area contributed by atoms with Crippen LogP contribution in [0.3, 0.4) is 0 Å². The van der Waals surface area contributed by atoms with Crippen LogP contribution in [0.2, 0.25) is 0 Å². The summed E-state index contributed by atoms with van der Waals surface area (Å²) in [6.45, 7) is 4.55. The maximum absolute atomic E-state index is 15.0. The van der Waals surface area contributed by atoms with E-state index in [-0.39, 0.29) is 17.6 Å². The second kappa shape index (κ2) is 10.1. The maximum Gasteiger partial charge on any atom is 0.266 e. The van der Waals surface area contributed by atoms with Crippen LogP contribution in [-0.4, -0.2) is 12.7 Å². The van der Waals surface area contributed by atoms with Crippen molar-refractivity contribution < 1.29 is 17.9 Å². The lowest BCUT2D eigenvalue weighted by atomic mass is 9.86. The van der Waals surface area contributed by atoms with E-state index in [4.69, 9.17) is 4.74 Å². The van der Waals surface area contributed by atoms with Gasteiger partial charge in [0.1, 0.15) is 5.82 Å². The number of aryl methyl sites for hydroxylation is 1. The Labute approximate surface area is 171 Å². The van der Waals surface area contributed by atoms with Gasteiger partial charge >= 0.3 is 0 Å². The number of benzene rings is 2. The second-order valence-corrected chi connectivity index (χ2v) is 7.74. The zero-order valence-corrected chi connectivity index (χ0v) is 17.1. The predicted octanol–water partition coefficient (Wildman–Crippen LogP) is 7.56. The quantitative estimate of drug-likeness (QED) is 0.434. The van der Waals surface area contributed by atoms with Crippen molar-refractivity contribution in [1.82, 2.24) is 0 Å². The summed E-state index contributed by atoms with van der Waals surface area (Å²) in [5, 5.41) is 0. The molecule has 2 atom stereocenters. The molecule has 0 bridgehead atoms. The van der Waals surface area contributed by atoms with Gasteiger partial charge in [-0.1, -0.05) is 68.8 Å². The number of halogens is 3. The lowest BCUT2D eigenvalue weighted by Crippen LogP contribution is -2.25. The molecule has 1 nitrogen and oxygen atoms in total. The third kappa shape index (κ3) is 5.30. The fraction of sp³-hybridized carbons (Fsp3) is 0.440. The van der Waals surface area contributed by atoms with Gasteiger partial charge in [0.05, 0.1) is 18.3 Å². The van der Waals surface area contributed by atoms with Crippen LogP contribution in [0.25, 0.3) is 12.2 Å². The maximum atomic E-state index is 15.0. The molecule has 2 aromatic carbocycles. The van der Waals surface area contributed by atoms with Crippen molar-refractivity contribution in [2.75, 3.05) is 6.61 Å². The summed E-state index contributed by atoms with van der Waals surface area (Å²) in [6, 6.07) is 11.3. The number of ether oxygens (including phenoxy) is 1. The standard InChI is InChI=1S/C25H29F3O/c1-3-5-17-6-8-18(9-7-17)10-11-19-13-15-22(23(24(19)26)25(27)28)20-12-14-21(4-2)29-16-20/h6-11,13,15,20-21,25H,3-5,12,14,16H2,1-2H3/b11-10+. The molecule has 0 saturated carbocycles. The topological polar surface area (TPSA) is 9.23 Å². The van der Waals surface area contributed by atoms with Crippen LogP contribution in [0.1, 0.15) is 79.7 Å². The minimum atomic E-state index is -2.85. The van der Waals surface area contributed by atoms with Crippen molar-refractivity contribution in [1.29, 1.82) is 0 Å². The van der Waals surface area contributed by atoms with E-state index < -0.39 is 17.8 Å². The molecule has 1 aliphatic heterocycles. The molecule has 29 heavy (non-hydrogen) atoms. The van der Waals surface area contributed by atoms with Gasteiger partial charge in [0.2, 0.25) is 0 Å². The molecule has 2 aromatic rings. The molecule has 4 heteroatoms. The highest BCUT2D eigenvalue weighted by atomic mass is 19.3. The van der Waals surface area contributed by atoms with Gasteiger partial charge in [-0.25, -0.2) is 13.2 Å². The van der Waals surface area contributed by atoms with Gasteiger partial charge in [-0.2, -0.15) is 0 Å². The van der Waals surface area contributed by atoms with Crippen LogP contribution < -0.4 is 0 Å². The Morgan fingerprint density at radius 3 is 2.38 bits per heavy atom. The molecule has 0 N–H and O–H groups in total. The van der Waals surface area contributed by atoms with Crippen LogP contribution in [0, 0.1) is 5.82 Å². The molecule has 1 heterocycles. The molecule has 156 valence electrons. The highest BCUT2D eigenvalue weighted by Crippen LogP contribution is 2.37. The first-order chi connectivity index (χ1) is 14.0. The highest BCUT2D eigenvalue weighted by Gasteiger charge is 2.28. The Hall–Kier alpha value is -2.07. The minimum Gasteiger partial charge on any atom is -0.378 e. The van der Waals surface area contributed by atoms with Crippen LogP contribution in [-0.2, 0) is 11.2 Å². The Bertz CT molecular complexity index is 819. The summed E-state index contributed by atoms with van der Waals surface area (Å²) in [5.74, 6) is -1.01. The van der Waals surface area contributed by atoms with Gasteiger partial charge in [-0.15, -0.1) is 0 Å². The van der Waals surface area contributed by atoms with E-state index in [2.05, 4.69) is 6.92 Å². The first-order valence-electron chi connectivity index (χ1n) is 10.5. The van der Waals surface area contributed by atoms with Crippen LogP contribution >= 0.6 is 0 Å². The Kier molecular flexibility index (Phi) is 7.54. The SMILES string of the molecule is CCCc1ccc(/C=C/c2ccc(C3CCC(CC)OC3)c(C(F)F)c2F)cc1. The number of alkyl halides is 2. The number of hydrogen-bond donors (Lipinski definition) is 0. The summed E-state index contributed by atoms with van der Waals surface area (Å²) in [5.41, 5.74) is 2.25. The van der Waals surface area contributed by atoms with E-state index in [1.807, 2.05) is 31.2 Å². The van der Waals surface area contributed by atoms with E-state index in [1.165, 1.54) is 5.56 Å². The molecule has 0 aliphatic carbocycles. The number of rotatable bonds is 7. The predicted molar refractivity (Wildman–Crippen MR) is 113 cm³/mol. The Morgan fingerprint density at radius 1 is 1.03 bits per heavy atom. The molecule has 0 radical (unpaired) electrons. The van der Waals surface area contributed by atoms with Gasteiger partial charge in [0.25, 0.3) is 6.43 Å². The lowest BCUT2D eigenvalue weighted by Gasteiger charge is -2.30. The summed E-state index contributed by atoms with van der Waals surface area (Å²) in [7, 11) is 0. The van der Waals surface area contributed by atoms with E-state index in [0.29, 0.717) is 12.2 Å². The van der Waals surface area contributed by atoms with Crippen molar-refractivity contribution in [3.63, 3.8) is 0 Å². The van der Waals surface area contributed by atoms with Gasteiger partial charge in [-0.3, -0.25) is 0 Å². The molecule has 0 amide bonds. The van der Waals surface area contributed by atoms with Crippen LogP contribution in [0.15, 0.2) is 36.4 Å². The minimum absolute atomic E-state index is 0.178. The first-order valence-corrected chi connectivity index (χ1v) is 10.5. The normalized spacial score (nSPS) is 19.9. The zero-order valence-electron chi connectivity index (χ0n) is 17.1. The smallest absolute Gasteiger partial charge is 0.266 e. The van der Waals surface area contributed by atoms with Crippen LogP contribution in [0.5, 0.6) is 0 Å². The van der Waals surface area contributed by atoms with Crippen molar-refractivity contribution in [3.05, 3.63) is 70.0 Å². The summed E-state index contributed by atoms with van der Waals surface area (Å²) < 4.78 is 48.2. The van der Waals surface area contributed by atoms with E-state index in [1.54, 1.807) is 24.3 Å². The third-order valence-electron chi connectivity index (χ3n) is 5.70. The average molecular weight is 402 g/mol. The van der Waals surface area contributed by atoms with E-state index >= 15 is 0 Å². The molecular formula is C25H29F3O. The van der Waals surface area contributed by atoms with Crippen molar-refractivity contribution in [3.8, 4) is 0 Å². The molecule has 0 aromatic heterocycles. The summed E-state index contributed by atoms with van der Waals surface area (Å²) in [6.07, 6.45) is 5.23. The van der Waals surface area contributed by atoms with Gasteiger partial charge in [0.15, 0.2) is 0 Å². The Balaban J connectivity index is 1.82. The van der Waals surface area contributed by atoms with Crippen molar-refractivity contribution in [2.24, 2.45) is 0 Å². The second-order valence-electron chi connectivity index (χ2n) is 7.74. The zero-order chi connectivity index (χ0) is 20.8. The van der Waals surface area contributed by atoms with Gasteiger partial charge < -0.3 is 4.74 Å². The van der Waals surface area contributed by atoms with Crippen LogP contribution in [0.4, 0.5) is 13.2 Å². The Morgan fingerprint density at radius 2 is 1.79 bits per heavy atom. The number of hydrogen-bond acceptors (Lipinski definition) is 1. The highest BCUT2D eigenvalue weighted by molar-refractivity contribution is 5.70. The molecule has 1 fully saturated rings. The monoisotopic (exact) mass is 402 g/mol. The largest absolute Gasteiger partial charge is 0.378 e.